The fourth-order valence-corrected chi connectivity index (χ4v) is 5.84. The van der Waals surface area contributed by atoms with Crippen molar-refractivity contribution in [3.63, 3.8) is 0 Å². The van der Waals surface area contributed by atoms with Gasteiger partial charge in [0.25, 0.3) is 11.8 Å². The van der Waals surface area contributed by atoms with E-state index in [1.165, 1.54) is 46.4 Å². The Morgan fingerprint density at radius 1 is 0.958 bits per heavy atom. The zero-order valence-electron chi connectivity index (χ0n) is 28.1. The maximum absolute atomic E-state index is 15.0. The van der Waals surface area contributed by atoms with Crippen molar-refractivity contribution < 1.29 is 54.9 Å². The number of amides is 2. The van der Waals surface area contributed by atoms with Gasteiger partial charge >= 0.3 is 24.5 Å². The first-order valence-corrected chi connectivity index (χ1v) is 15.5. The van der Waals surface area contributed by atoms with E-state index in [4.69, 9.17) is 13.9 Å². The molecule has 2 unspecified atom stereocenters. The molecule has 2 aliphatic heterocycles. The van der Waals surface area contributed by atoms with E-state index >= 15 is 0 Å². The van der Waals surface area contributed by atoms with Gasteiger partial charge in [0, 0.05) is 12.6 Å². The Labute approximate surface area is 274 Å². The SMILES string of the molecule is CC1(C)CC2CCCCCC(O)(C(F)(F)F)c3nnc(o3)-c3nc(c(C(F)(F)F)cc3N(C(=O)OC(C)(C)C)C(=O)OC(C)(C)C)N2C1. The third-order valence-electron chi connectivity index (χ3n) is 7.81. The molecule has 2 aromatic rings. The van der Waals surface area contributed by atoms with Crippen molar-refractivity contribution in [3.8, 4) is 11.6 Å². The van der Waals surface area contributed by atoms with Crippen molar-refractivity contribution in [3.05, 3.63) is 17.5 Å². The van der Waals surface area contributed by atoms with E-state index in [9.17, 15) is 41.0 Å². The van der Waals surface area contributed by atoms with E-state index in [-0.39, 0.29) is 24.3 Å². The third kappa shape index (κ3) is 7.97. The zero-order valence-corrected chi connectivity index (χ0v) is 28.1. The minimum absolute atomic E-state index is 0.114. The van der Waals surface area contributed by atoms with E-state index < -0.39 is 93.8 Å². The second-order valence-electron chi connectivity index (χ2n) is 15.0. The largest absolute Gasteiger partial charge is 0.443 e. The monoisotopic (exact) mass is 693 g/mol. The number of anilines is 2. The van der Waals surface area contributed by atoms with Crippen LogP contribution in [0.25, 0.3) is 11.6 Å². The summed E-state index contributed by atoms with van der Waals surface area (Å²) >= 11 is 0. The number of imide groups is 1. The molecular formula is C31H41F6N5O6. The van der Waals surface area contributed by atoms with Crippen LogP contribution in [0.4, 0.5) is 47.4 Å². The van der Waals surface area contributed by atoms with Crippen LogP contribution in [0.2, 0.25) is 0 Å². The van der Waals surface area contributed by atoms with Gasteiger partial charge < -0.3 is 23.9 Å². The number of aliphatic hydroxyl groups is 1. The quantitative estimate of drug-likeness (QED) is 0.292. The molecule has 268 valence electrons. The summed E-state index contributed by atoms with van der Waals surface area (Å²) in [5.74, 6) is -2.77. The average Bonchev–Trinajstić information content (AvgIpc) is 3.49. The average molecular weight is 694 g/mol. The van der Waals surface area contributed by atoms with Crippen LogP contribution in [-0.4, -0.2) is 62.4 Å². The number of carbonyl (C=O) groups excluding carboxylic acids is 2. The van der Waals surface area contributed by atoms with Crippen LogP contribution < -0.4 is 9.80 Å². The minimum atomic E-state index is -5.28. The summed E-state index contributed by atoms with van der Waals surface area (Å²) in [4.78, 5) is 33.0. The fourth-order valence-electron chi connectivity index (χ4n) is 5.84. The Morgan fingerprint density at radius 3 is 2.06 bits per heavy atom. The second kappa shape index (κ2) is 12.4. The van der Waals surface area contributed by atoms with E-state index in [0.717, 1.165) is 0 Å². The highest BCUT2D eigenvalue weighted by molar-refractivity contribution is 6.11. The standard InChI is InChI=1S/C31H41F6N5O6/c1-26(2,3)47-24(43)42(25(44)48-27(4,5)6)19-14-18(30(32,33)34)21-38-20(19)22-39-40-23(46-22)29(45,31(35,36)37)13-11-9-10-12-17-15-28(7,8)16-41(17)21/h14,17,45H,9-13,15-16H2,1-8H3. The Morgan fingerprint density at radius 2 is 1.54 bits per heavy atom. The van der Waals surface area contributed by atoms with Crippen LogP contribution in [0.5, 0.6) is 0 Å². The molecule has 1 N–H and O–H groups in total. The van der Waals surface area contributed by atoms with Crippen molar-refractivity contribution in [2.24, 2.45) is 5.41 Å². The van der Waals surface area contributed by atoms with Gasteiger partial charge in [-0.2, -0.15) is 31.2 Å². The molecule has 17 heteroatoms. The number of halogens is 6. The molecule has 11 nitrogen and oxygen atoms in total. The van der Waals surface area contributed by atoms with Gasteiger partial charge in [-0.05, 0) is 78.7 Å². The van der Waals surface area contributed by atoms with Crippen LogP contribution in [0.1, 0.15) is 105 Å². The van der Waals surface area contributed by atoms with Gasteiger partial charge in [-0.1, -0.05) is 26.7 Å². The smallest absolute Gasteiger partial charge is 0.426 e. The van der Waals surface area contributed by atoms with Crippen molar-refractivity contribution >= 4 is 23.7 Å². The molecule has 2 atom stereocenters. The summed E-state index contributed by atoms with van der Waals surface area (Å²) in [6.45, 7) is 12.6. The summed E-state index contributed by atoms with van der Waals surface area (Å²) in [7, 11) is 0. The summed E-state index contributed by atoms with van der Waals surface area (Å²) in [5, 5.41) is 17.9. The lowest BCUT2D eigenvalue weighted by Gasteiger charge is -2.32. The summed E-state index contributed by atoms with van der Waals surface area (Å²) in [5.41, 5.74) is -9.58. The Bertz CT molecular complexity index is 1500. The lowest BCUT2D eigenvalue weighted by molar-refractivity contribution is -0.277. The molecule has 4 heterocycles. The maximum Gasteiger partial charge on any atom is 0.426 e. The number of rotatable bonds is 1. The maximum atomic E-state index is 15.0. The summed E-state index contributed by atoms with van der Waals surface area (Å²) < 4.78 is 104. The summed E-state index contributed by atoms with van der Waals surface area (Å²) in [6.07, 6.45) is -12.9. The van der Waals surface area contributed by atoms with Gasteiger partial charge in [0.2, 0.25) is 5.60 Å². The Hall–Kier alpha value is -3.63. The van der Waals surface area contributed by atoms with Gasteiger partial charge in [0.1, 0.15) is 22.6 Å². The summed E-state index contributed by atoms with van der Waals surface area (Å²) in [6, 6.07) is -0.0256. The van der Waals surface area contributed by atoms with Gasteiger partial charge in [-0.15, -0.1) is 10.2 Å². The number of aromatic nitrogens is 3. The number of hydrogen-bond acceptors (Lipinski definition) is 10. The van der Waals surface area contributed by atoms with E-state index in [1.54, 1.807) is 0 Å². The highest BCUT2D eigenvalue weighted by Crippen LogP contribution is 2.48. The van der Waals surface area contributed by atoms with Crippen LogP contribution >= 0.6 is 0 Å². The molecule has 1 fully saturated rings. The van der Waals surface area contributed by atoms with Crippen LogP contribution in [0.3, 0.4) is 0 Å². The van der Waals surface area contributed by atoms with Crippen molar-refractivity contribution in [2.75, 3.05) is 16.3 Å². The number of ether oxygens (including phenoxy) is 2. The van der Waals surface area contributed by atoms with E-state index in [1.807, 2.05) is 13.8 Å². The second-order valence-corrected chi connectivity index (χ2v) is 15.0. The first kappa shape index (κ1) is 37.2. The molecule has 2 aliphatic rings. The predicted octanol–water partition coefficient (Wildman–Crippen LogP) is 8.15. The molecule has 48 heavy (non-hydrogen) atoms. The fraction of sp³-hybridized carbons (Fsp3) is 0.710. The number of nitrogens with zero attached hydrogens (tertiary/aromatic N) is 5. The van der Waals surface area contributed by atoms with Crippen LogP contribution in [0.15, 0.2) is 10.5 Å². The van der Waals surface area contributed by atoms with Crippen molar-refractivity contribution in [1.29, 1.82) is 0 Å². The molecule has 0 saturated carbocycles. The first-order chi connectivity index (χ1) is 21.7. The highest BCUT2D eigenvalue weighted by Gasteiger charge is 2.58. The third-order valence-corrected chi connectivity index (χ3v) is 7.81. The predicted molar refractivity (Wildman–Crippen MR) is 160 cm³/mol. The van der Waals surface area contributed by atoms with Crippen molar-refractivity contribution in [2.45, 2.75) is 129 Å². The molecule has 2 aromatic heterocycles. The molecule has 4 rings (SSSR count). The molecule has 2 amide bonds. The normalized spacial score (nSPS) is 22.1. The minimum Gasteiger partial charge on any atom is -0.443 e. The molecular weight excluding hydrogens is 652 g/mol. The van der Waals surface area contributed by atoms with E-state index in [0.29, 0.717) is 25.3 Å². The Balaban J connectivity index is 2.10. The lowest BCUT2D eigenvalue weighted by atomic mass is 9.89. The van der Waals surface area contributed by atoms with Crippen LogP contribution in [0, 0.1) is 5.41 Å². The number of pyridine rings is 1. The van der Waals surface area contributed by atoms with E-state index in [2.05, 4.69) is 15.2 Å². The Kier molecular flexibility index (Phi) is 9.58. The van der Waals surface area contributed by atoms with Gasteiger partial charge in [-0.3, -0.25) is 0 Å². The highest BCUT2D eigenvalue weighted by atomic mass is 19.4. The molecule has 0 aliphatic carbocycles. The lowest BCUT2D eigenvalue weighted by Crippen LogP contribution is -2.44. The topological polar surface area (TPSA) is 131 Å². The first-order valence-electron chi connectivity index (χ1n) is 15.5. The molecule has 4 bridgehead atoms. The molecule has 0 aromatic carbocycles. The number of fused-ring (bicyclic) bond motifs is 7. The number of hydrogen-bond donors (Lipinski definition) is 1. The molecule has 0 radical (unpaired) electrons. The van der Waals surface area contributed by atoms with Gasteiger partial charge in [0.05, 0.1) is 5.69 Å². The molecule has 0 spiro atoms. The van der Waals surface area contributed by atoms with Crippen molar-refractivity contribution in [1.82, 2.24) is 15.2 Å². The number of alkyl halides is 6. The van der Waals surface area contributed by atoms with Gasteiger partial charge in [-0.25, -0.2) is 14.6 Å². The number of carbonyl (C=O) groups is 2. The van der Waals surface area contributed by atoms with Crippen LogP contribution in [-0.2, 0) is 21.3 Å². The molecule has 1 saturated heterocycles. The zero-order chi connectivity index (χ0) is 36.3. The van der Waals surface area contributed by atoms with Gasteiger partial charge in [0.15, 0.2) is 5.69 Å².